The summed E-state index contributed by atoms with van der Waals surface area (Å²) in [6.45, 7) is 3.86. The molecule has 2 heterocycles. The fourth-order valence-electron chi connectivity index (χ4n) is 3.01. The molecule has 0 aliphatic carbocycles. The van der Waals surface area contributed by atoms with Crippen molar-refractivity contribution in [3.8, 4) is 0 Å². The molecular formula is C17H18ClN6O2+. The lowest BCUT2D eigenvalue weighted by molar-refractivity contribution is -0.933. The second-order valence-corrected chi connectivity index (χ2v) is 6.49. The molecule has 1 aliphatic rings. The number of halogens is 1. The molecule has 0 amide bonds. The molecule has 1 fully saturated rings. The van der Waals surface area contributed by atoms with Crippen LogP contribution in [-0.2, 0) is 0 Å². The number of benzene rings is 2. The van der Waals surface area contributed by atoms with Crippen molar-refractivity contribution in [3.63, 3.8) is 0 Å². The summed E-state index contributed by atoms with van der Waals surface area (Å²) in [5.41, 5.74) is 2.31. The van der Waals surface area contributed by atoms with E-state index in [1.54, 1.807) is 6.07 Å². The van der Waals surface area contributed by atoms with E-state index in [0.717, 1.165) is 31.9 Å². The fourth-order valence-corrected chi connectivity index (χ4v) is 3.18. The minimum Gasteiger partial charge on any atom is -0.739 e. The molecule has 134 valence electrons. The number of hydrogen-bond acceptors (Lipinski definition) is 6. The Hall–Kier alpha value is -2.84. The van der Waals surface area contributed by atoms with Gasteiger partial charge in [0.1, 0.15) is 0 Å². The summed E-state index contributed by atoms with van der Waals surface area (Å²) in [5, 5.41) is 33.1. The van der Waals surface area contributed by atoms with Crippen LogP contribution in [0.1, 0.15) is 0 Å². The molecule has 9 heteroatoms. The smallest absolute Gasteiger partial charge is 0.469 e. The molecule has 1 aliphatic heterocycles. The number of nitrogens with one attached hydrogen (secondary N) is 2. The molecule has 26 heavy (non-hydrogen) atoms. The van der Waals surface area contributed by atoms with Gasteiger partial charge < -0.3 is 15.4 Å². The predicted octanol–water partition coefficient (Wildman–Crippen LogP) is 1.20. The largest absolute Gasteiger partial charge is 0.739 e. The van der Waals surface area contributed by atoms with Crippen LogP contribution in [-0.4, -0.2) is 36.5 Å². The molecule has 8 nitrogen and oxygen atoms in total. The molecular weight excluding hydrogens is 356 g/mol. The molecule has 0 atom stereocenters. The minimum absolute atomic E-state index is 0.0443. The Morgan fingerprint density at radius 3 is 2.58 bits per heavy atom. The quantitative estimate of drug-likeness (QED) is 0.363. The van der Waals surface area contributed by atoms with Crippen LogP contribution < -0.4 is 25.1 Å². The Kier molecular flexibility index (Phi) is 4.36. The molecule has 3 aromatic rings. The molecule has 0 unspecified atom stereocenters. The lowest BCUT2D eigenvalue weighted by Gasteiger charge is -2.29. The Morgan fingerprint density at radius 1 is 1.12 bits per heavy atom. The van der Waals surface area contributed by atoms with Gasteiger partial charge in [-0.3, -0.25) is 0 Å². The van der Waals surface area contributed by atoms with Crippen LogP contribution in [0.3, 0.4) is 0 Å². The van der Waals surface area contributed by atoms with Gasteiger partial charge in [-0.2, -0.15) is 0 Å². The lowest BCUT2D eigenvalue weighted by Crippen LogP contribution is -2.45. The van der Waals surface area contributed by atoms with Crippen molar-refractivity contribution in [2.75, 3.05) is 36.4 Å². The van der Waals surface area contributed by atoms with E-state index in [1.165, 1.54) is 12.1 Å². The third kappa shape index (κ3) is 3.16. The zero-order valence-electron chi connectivity index (χ0n) is 13.9. The first-order valence-electron chi connectivity index (χ1n) is 8.29. The minimum atomic E-state index is -0.0443. The van der Waals surface area contributed by atoms with Crippen LogP contribution in [0.5, 0.6) is 0 Å². The molecule has 4 rings (SSSR count). The summed E-state index contributed by atoms with van der Waals surface area (Å²) in [5.74, 6) is -0.0443. The molecule has 0 spiro atoms. The lowest BCUT2D eigenvalue weighted by atomic mass is 10.2. The summed E-state index contributed by atoms with van der Waals surface area (Å²) < 4.78 is 0.609. The van der Waals surface area contributed by atoms with Crippen LogP contribution >= 0.6 is 11.6 Å². The van der Waals surface area contributed by atoms with Crippen molar-refractivity contribution in [2.45, 2.75) is 0 Å². The predicted molar refractivity (Wildman–Crippen MR) is 97.9 cm³/mol. The Bertz CT molecular complexity index is 944. The van der Waals surface area contributed by atoms with Crippen molar-refractivity contribution >= 4 is 40.0 Å². The van der Waals surface area contributed by atoms with E-state index >= 15 is 0 Å². The standard InChI is InChI=1S/C17H18ClN6O2/c18-12-1-6-15-16(11-12)23(25)17(21-24(15)26)20-13-2-4-14(5-3-13)22-9-7-19-8-10-22/h1-6,11,19H,7-10H2,(H2,20,21,26)/q+1. The zero-order valence-corrected chi connectivity index (χ0v) is 14.6. The average molecular weight is 374 g/mol. The summed E-state index contributed by atoms with van der Waals surface area (Å²) in [7, 11) is 0. The van der Waals surface area contributed by atoms with Crippen molar-refractivity contribution in [1.29, 1.82) is 0 Å². The van der Waals surface area contributed by atoms with Crippen molar-refractivity contribution in [2.24, 2.45) is 0 Å². The van der Waals surface area contributed by atoms with Gasteiger partial charge in [0.15, 0.2) is 5.52 Å². The Morgan fingerprint density at radius 2 is 1.85 bits per heavy atom. The van der Waals surface area contributed by atoms with Gasteiger partial charge in [-0.1, -0.05) is 11.6 Å². The van der Waals surface area contributed by atoms with Crippen LogP contribution in [0.25, 0.3) is 11.0 Å². The van der Waals surface area contributed by atoms with Gasteiger partial charge >= 0.3 is 11.5 Å². The summed E-state index contributed by atoms with van der Waals surface area (Å²) in [6.07, 6.45) is 0. The van der Waals surface area contributed by atoms with Gasteiger partial charge in [0, 0.05) is 49.0 Å². The normalized spacial score (nSPS) is 14.6. The number of piperazine rings is 1. The highest BCUT2D eigenvalue weighted by molar-refractivity contribution is 6.31. The summed E-state index contributed by atoms with van der Waals surface area (Å²) in [4.78, 5) is 2.96. The number of anilines is 3. The third-order valence-corrected chi connectivity index (χ3v) is 4.59. The highest BCUT2D eigenvalue weighted by atomic mass is 35.5. The van der Waals surface area contributed by atoms with Gasteiger partial charge in [0.25, 0.3) is 0 Å². The number of nitrogens with zero attached hydrogens (tertiary/aromatic N) is 4. The van der Waals surface area contributed by atoms with Gasteiger partial charge in [-0.15, -0.1) is 0 Å². The maximum absolute atomic E-state index is 12.5. The van der Waals surface area contributed by atoms with Crippen molar-refractivity contribution in [1.82, 2.24) is 10.4 Å². The number of fused-ring (bicyclic) bond motifs is 1. The van der Waals surface area contributed by atoms with Crippen molar-refractivity contribution in [3.05, 3.63) is 52.7 Å². The molecule has 1 aromatic heterocycles. The van der Waals surface area contributed by atoms with E-state index in [0.29, 0.717) is 20.3 Å². The first kappa shape index (κ1) is 16.6. The molecule has 2 aromatic carbocycles. The first-order chi connectivity index (χ1) is 12.6. The number of hydrogen-bond donors (Lipinski definition) is 3. The van der Waals surface area contributed by atoms with E-state index in [-0.39, 0.29) is 17.0 Å². The van der Waals surface area contributed by atoms with Gasteiger partial charge in [0.2, 0.25) is 9.94 Å². The van der Waals surface area contributed by atoms with E-state index in [9.17, 15) is 10.4 Å². The molecule has 1 saturated heterocycles. The Labute approximate surface area is 154 Å². The van der Waals surface area contributed by atoms with Crippen LogP contribution in [0.15, 0.2) is 42.5 Å². The van der Waals surface area contributed by atoms with Crippen LogP contribution in [0.2, 0.25) is 5.02 Å². The maximum atomic E-state index is 12.5. The SMILES string of the molecule is [O-][n+]1c(Nc2ccc(N3CCNCC3)cc2)n[n+](O)c2ccc(Cl)cc21. The van der Waals surface area contributed by atoms with E-state index in [4.69, 9.17) is 11.6 Å². The maximum Gasteiger partial charge on any atom is 0.469 e. The second-order valence-electron chi connectivity index (χ2n) is 6.05. The highest BCUT2D eigenvalue weighted by Gasteiger charge is 2.24. The van der Waals surface area contributed by atoms with E-state index in [2.05, 4.69) is 20.6 Å². The van der Waals surface area contributed by atoms with E-state index in [1.807, 2.05) is 24.3 Å². The fraction of sp³-hybridized carbons (Fsp3) is 0.235. The summed E-state index contributed by atoms with van der Waals surface area (Å²) >= 11 is 5.95. The molecule has 0 radical (unpaired) electrons. The zero-order chi connectivity index (χ0) is 18.1. The monoisotopic (exact) mass is 373 g/mol. The van der Waals surface area contributed by atoms with Gasteiger partial charge in [0.05, 0.1) is 5.69 Å². The molecule has 0 bridgehead atoms. The Balaban J connectivity index is 1.61. The van der Waals surface area contributed by atoms with Gasteiger partial charge in [-0.05, 0) is 30.3 Å². The second kappa shape index (κ2) is 6.81. The van der Waals surface area contributed by atoms with Crippen LogP contribution in [0.4, 0.5) is 17.3 Å². The third-order valence-electron chi connectivity index (χ3n) is 4.36. The molecule has 3 N–H and O–H groups in total. The first-order valence-corrected chi connectivity index (χ1v) is 8.67. The number of rotatable bonds is 3. The highest BCUT2D eigenvalue weighted by Crippen LogP contribution is 2.20. The van der Waals surface area contributed by atoms with Crippen LogP contribution in [0, 0.1) is 5.21 Å². The number of aromatic nitrogens is 3. The van der Waals surface area contributed by atoms with E-state index < -0.39 is 0 Å². The van der Waals surface area contributed by atoms with Crippen molar-refractivity contribution < 1.29 is 14.8 Å². The summed E-state index contributed by atoms with van der Waals surface area (Å²) in [6, 6.07) is 12.3. The topological polar surface area (TPSA) is 91.2 Å². The average Bonchev–Trinajstić information content (AvgIpc) is 2.67. The van der Waals surface area contributed by atoms with Gasteiger partial charge in [-0.25, -0.2) is 15.3 Å². The molecule has 0 saturated carbocycles.